The normalized spacial score (nSPS) is 27.6. The Labute approximate surface area is 162 Å². The van der Waals surface area contributed by atoms with E-state index in [2.05, 4.69) is 5.32 Å². The van der Waals surface area contributed by atoms with Gasteiger partial charge >= 0.3 is 6.16 Å². The van der Waals surface area contributed by atoms with Gasteiger partial charge in [0.15, 0.2) is 0 Å². The molecule has 0 bridgehead atoms. The highest BCUT2D eigenvalue weighted by molar-refractivity contribution is 8.04. The number of amides is 2. The molecule has 0 unspecified atom stereocenters. The number of carboxylic acid groups (broad SMARTS) is 1. The Hall–Kier alpha value is -1.81. The Balaban J connectivity index is 1.82. The molecule has 148 valence electrons. The Morgan fingerprint density at radius 2 is 1.93 bits per heavy atom. The topological polar surface area (TPSA) is 113 Å². The second kappa shape index (κ2) is 6.37. The quantitative estimate of drug-likeness (QED) is 0.308. The van der Waals surface area contributed by atoms with Crippen LogP contribution in [-0.4, -0.2) is 52.9 Å². The van der Waals surface area contributed by atoms with Crippen LogP contribution in [0.25, 0.3) is 0 Å². The van der Waals surface area contributed by atoms with Gasteiger partial charge in [0.05, 0.1) is 4.91 Å². The van der Waals surface area contributed by atoms with Gasteiger partial charge in [-0.2, -0.15) is 0 Å². The van der Waals surface area contributed by atoms with Gasteiger partial charge in [-0.25, -0.2) is 4.79 Å². The van der Waals surface area contributed by atoms with Gasteiger partial charge in [0.1, 0.15) is 24.8 Å². The van der Waals surface area contributed by atoms with Crippen LogP contribution < -0.4 is 5.32 Å². The molecule has 8 nitrogen and oxygen atoms in total. The molecule has 2 amide bonds. The standard InChI is InChI=1S/C17H24N2O6SSi/c1-17(2,3)27(4,5)15(22)11-12(21)19-13(25-16(23)24)9(26-14(11)19)6-8-7-10(20)18-8/h8,11,14H,6-7H2,1-5H3,(H,18,20)(H,23,24)/t8-,11+,14+/m0/s1. The zero-order valence-corrected chi connectivity index (χ0v) is 17.8. The van der Waals surface area contributed by atoms with Gasteiger partial charge in [-0.1, -0.05) is 45.6 Å². The second-order valence-corrected chi connectivity index (χ2v) is 15.2. The average Bonchev–Trinajstić information content (AvgIpc) is 2.77. The Bertz CT molecular complexity index is 764. The number of ether oxygens (including phenoxy) is 1. The van der Waals surface area contributed by atoms with E-state index >= 15 is 0 Å². The molecule has 10 heteroatoms. The smallest absolute Gasteiger partial charge is 0.449 e. The van der Waals surface area contributed by atoms with Crippen molar-refractivity contribution in [2.75, 3.05) is 0 Å². The summed E-state index contributed by atoms with van der Waals surface area (Å²) in [5.74, 6) is -1.24. The van der Waals surface area contributed by atoms with Gasteiger partial charge in [-0.15, -0.1) is 0 Å². The fraction of sp³-hybridized carbons (Fsp3) is 0.647. The Kier molecular flexibility index (Phi) is 4.70. The molecule has 3 aliphatic heterocycles. The molecule has 0 radical (unpaired) electrons. The number of β-lactam (4-membered cyclic amide) rings is 2. The minimum atomic E-state index is -2.39. The summed E-state index contributed by atoms with van der Waals surface area (Å²) in [4.78, 5) is 50.0. The van der Waals surface area contributed by atoms with Crippen LogP contribution in [-0.2, 0) is 19.1 Å². The number of nitrogens with zero attached hydrogens (tertiary/aromatic N) is 1. The highest BCUT2D eigenvalue weighted by Crippen LogP contribution is 2.53. The summed E-state index contributed by atoms with van der Waals surface area (Å²) in [7, 11) is -2.39. The molecule has 0 aromatic rings. The molecule has 2 fully saturated rings. The number of carbonyl (C=O) groups excluding carboxylic acids is 3. The van der Waals surface area contributed by atoms with E-state index in [-0.39, 0.29) is 28.3 Å². The zero-order valence-electron chi connectivity index (χ0n) is 16.0. The molecule has 0 saturated carbocycles. The van der Waals surface area contributed by atoms with Crippen molar-refractivity contribution in [3.8, 4) is 0 Å². The molecule has 3 atom stereocenters. The fourth-order valence-electron chi connectivity index (χ4n) is 3.23. The second-order valence-electron chi connectivity index (χ2n) is 8.70. The van der Waals surface area contributed by atoms with E-state index < -0.39 is 31.4 Å². The van der Waals surface area contributed by atoms with Gasteiger partial charge in [-0.05, 0) is 5.04 Å². The largest absolute Gasteiger partial charge is 0.512 e. The summed E-state index contributed by atoms with van der Waals surface area (Å²) in [6.45, 7) is 9.99. The number of carbonyl (C=O) groups is 4. The van der Waals surface area contributed by atoms with Crippen molar-refractivity contribution in [1.29, 1.82) is 0 Å². The number of thioether (sulfide) groups is 1. The lowest BCUT2D eigenvalue weighted by molar-refractivity contribution is -0.153. The van der Waals surface area contributed by atoms with Crippen LogP contribution in [0, 0.1) is 5.92 Å². The minimum Gasteiger partial charge on any atom is -0.449 e. The minimum absolute atomic E-state index is 0.0112. The van der Waals surface area contributed by atoms with Crippen molar-refractivity contribution in [1.82, 2.24) is 10.2 Å². The molecule has 2 saturated heterocycles. The molecule has 3 aliphatic rings. The van der Waals surface area contributed by atoms with E-state index in [1.807, 2.05) is 33.9 Å². The van der Waals surface area contributed by atoms with Crippen LogP contribution in [0.5, 0.6) is 0 Å². The SMILES string of the molecule is CC(C)(C)[Si](C)(C)C(=O)[C@@H]1C(=O)N2C(OC(=O)O)=C(C[C@H]3CC(=O)N3)S[C@H]12. The van der Waals surface area contributed by atoms with Gasteiger partial charge in [0.25, 0.3) is 0 Å². The molecule has 2 N–H and O–H groups in total. The fourth-order valence-corrected chi connectivity index (χ4v) is 6.66. The maximum absolute atomic E-state index is 13.2. The van der Waals surface area contributed by atoms with Gasteiger partial charge in [-0.3, -0.25) is 14.5 Å². The molecule has 0 spiro atoms. The highest BCUT2D eigenvalue weighted by atomic mass is 32.2. The molecule has 3 heterocycles. The van der Waals surface area contributed by atoms with Crippen molar-refractivity contribution in [2.24, 2.45) is 5.92 Å². The third kappa shape index (κ3) is 3.18. The van der Waals surface area contributed by atoms with Gasteiger partial charge in [0, 0.05) is 18.9 Å². The van der Waals surface area contributed by atoms with Crippen molar-refractivity contribution in [3.05, 3.63) is 10.8 Å². The summed E-state index contributed by atoms with van der Waals surface area (Å²) in [5.41, 5.74) is 0. The van der Waals surface area contributed by atoms with E-state index in [1.165, 1.54) is 16.7 Å². The number of hydrogen-bond acceptors (Lipinski definition) is 6. The number of nitrogens with one attached hydrogen (secondary N) is 1. The third-order valence-electron chi connectivity index (χ3n) is 5.95. The summed E-state index contributed by atoms with van der Waals surface area (Å²) in [6, 6.07) is -0.101. The summed E-state index contributed by atoms with van der Waals surface area (Å²) in [6.07, 6.45) is -0.760. The molecule has 3 rings (SSSR count). The van der Waals surface area contributed by atoms with E-state index in [9.17, 15) is 19.2 Å². The predicted octanol–water partition coefficient (Wildman–Crippen LogP) is 2.28. The summed E-state index contributed by atoms with van der Waals surface area (Å²) in [5, 5.41) is 11.1. The van der Waals surface area contributed by atoms with Gasteiger partial charge < -0.3 is 20.0 Å². The number of rotatable bonds is 5. The molecule has 0 aromatic heterocycles. The van der Waals surface area contributed by atoms with Crippen LogP contribution in [0.4, 0.5) is 4.79 Å². The van der Waals surface area contributed by atoms with Crippen molar-refractivity contribution in [2.45, 2.75) is 63.2 Å². The van der Waals surface area contributed by atoms with Crippen LogP contribution in [0.1, 0.15) is 33.6 Å². The monoisotopic (exact) mass is 412 g/mol. The van der Waals surface area contributed by atoms with Gasteiger partial charge in [0.2, 0.25) is 17.7 Å². The Morgan fingerprint density at radius 3 is 2.41 bits per heavy atom. The lowest BCUT2D eigenvalue weighted by atomic mass is 9.99. The van der Waals surface area contributed by atoms with E-state index in [1.54, 1.807) is 0 Å². The van der Waals surface area contributed by atoms with E-state index in [0.717, 1.165) is 0 Å². The first-order valence-corrected chi connectivity index (χ1v) is 12.7. The van der Waals surface area contributed by atoms with Crippen LogP contribution in [0.15, 0.2) is 10.8 Å². The van der Waals surface area contributed by atoms with Crippen LogP contribution >= 0.6 is 11.8 Å². The molecular formula is C17H24N2O6SSi. The van der Waals surface area contributed by atoms with Crippen molar-refractivity contribution < 1.29 is 29.0 Å². The average molecular weight is 413 g/mol. The lowest BCUT2D eigenvalue weighted by Crippen LogP contribution is -2.65. The molecular weight excluding hydrogens is 388 g/mol. The molecule has 0 aromatic carbocycles. The summed E-state index contributed by atoms with van der Waals surface area (Å²) >= 11 is 1.30. The predicted molar refractivity (Wildman–Crippen MR) is 101 cm³/mol. The number of fused-ring (bicyclic) bond motifs is 1. The van der Waals surface area contributed by atoms with E-state index in [4.69, 9.17) is 9.84 Å². The maximum Gasteiger partial charge on any atom is 0.512 e. The van der Waals surface area contributed by atoms with Crippen LogP contribution in [0.3, 0.4) is 0 Å². The van der Waals surface area contributed by atoms with Crippen LogP contribution in [0.2, 0.25) is 18.1 Å². The highest BCUT2D eigenvalue weighted by Gasteiger charge is 2.62. The zero-order chi connectivity index (χ0) is 20.3. The lowest BCUT2D eigenvalue weighted by Gasteiger charge is -2.46. The van der Waals surface area contributed by atoms with E-state index in [0.29, 0.717) is 17.7 Å². The first kappa shape index (κ1) is 19.9. The first-order chi connectivity index (χ1) is 12.3. The maximum atomic E-state index is 13.2. The van der Waals surface area contributed by atoms with Crippen molar-refractivity contribution >= 4 is 43.2 Å². The first-order valence-electron chi connectivity index (χ1n) is 8.82. The van der Waals surface area contributed by atoms with Crippen molar-refractivity contribution in [3.63, 3.8) is 0 Å². The molecule has 27 heavy (non-hydrogen) atoms. The Morgan fingerprint density at radius 1 is 1.33 bits per heavy atom. The third-order valence-corrected chi connectivity index (χ3v) is 12.6. The number of hydrogen-bond donors (Lipinski definition) is 2. The summed E-state index contributed by atoms with van der Waals surface area (Å²) < 4.78 is 4.87. The molecule has 0 aliphatic carbocycles.